The molecule has 2 fully saturated rings. The number of nitrogens with one attached hydrogen (secondary N) is 3. The van der Waals surface area contributed by atoms with Crippen molar-refractivity contribution in [3.63, 3.8) is 0 Å². The van der Waals surface area contributed by atoms with Crippen LogP contribution in [0.15, 0.2) is 24.3 Å². The SMILES string of the molecule is CNC(C)C(=O)NC1CCOC2CC(C)(C)C(C(=O)NC3CCCc4ccccc43)N2C1=O. The van der Waals surface area contributed by atoms with Gasteiger partial charge in [-0.1, -0.05) is 38.1 Å². The van der Waals surface area contributed by atoms with Gasteiger partial charge in [-0.2, -0.15) is 0 Å². The van der Waals surface area contributed by atoms with Gasteiger partial charge in [0.2, 0.25) is 17.7 Å². The number of nitrogens with zero attached hydrogens (tertiary/aromatic N) is 1. The van der Waals surface area contributed by atoms with Crippen molar-refractivity contribution in [1.82, 2.24) is 20.9 Å². The van der Waals surface area contributed by atoms with Crippen LogP contribution in [0.25, 0.3) is 0 Å². The molecule has 3 N–H and O–H groups in total. The van der Waals surface area contributed by atoms with Crippen LogP contribution in [-0.4, -0.2) is 60.6 Å². The highest BCUT2D eigenvalue weighted by molar-refractivity contribution is 5.94. The molecule has 3 amide bonds. The summed E-state index contributed by atoms with van der Waals surface area (Å²) in [5, 5.41) is 8.99. The van der Waals surface area contributed by atoms with E-state index in [4.69, 9.17) is 4.74 Å². The Morgan fingerprint density at radius 2 is 1.91 bits per heavy atom. The third kappa shape index (κ3) is 4.64. The van der Waals surface area contributed by atoms with Gasteiger partial charge in [-0.15, -0.1) is 0 Å². The van der Waals surface area contributed by atoms with Gasteiger partial charge in [0.05, 0.1) is 18.7 Å². The van der Waals surface area contributed by atoms with Crippen molar-refractivity contribution in [2.75, 3.05) is 13.7 Å². The van der Waals surface area contributed by atoms with Gasteiger partial charge in [0.15, 0.2) is 0 Å². The van der Waals surface area contributed by atoms with E-state index >= 15 is 0 Å². The molecule has 2 heterocycles. The average Bonchev–Trinajstić information content (AvgIpc) is 2.99. The molecule has 2 aliphatic heterocycles. The summed E-state index contributed by atoms with van der Waals surface area (Å²) in [7, 11) is 1.70. The maximum Gasteiger partial charge on any atom is 0.247 e. The van der Waals surface area contributed by atoms with Gasteiger partial charge < -0.3 is 25.6 Å². The average molecular weight is 457 g/mol. The van der Waals surface area contributed by atoms with E-state index in [1.807, 2.05) is 26.0 Å². The number of amides is 3. The zero-order valence-electron chi connectivity index (χ0n) is 20.0. The Labute approximate surface area is 195 Å². The topological polar surface area (TPSA) is 99.8 Å². The van der Waals surface area contributed by atoms with Crippen LogP contribution in [0.1, 0.15) is 63.6 Å². The zero-order chi connectivity index (χ0) is 23.8. The maximum atomic E-state index is 13.7. The molecule has 180 valence electrons. The third-order valence-electron chi connectivity index (χ3n) is 7.38. The van der Waals surface area contributed by atoms with Gasteiger partial charge in [0.1, 0.15) is 18.3 Å². The lowest BCUT2D eigenvalue weighted by Gasteiger charge is -2.35. The predicted octanol–water partition coefficient (Wildman–Crippen LogP) is 1.65. The molecule has 2 saturated heterocycles. The largest absolute Gasteiger partial charge is 0.358 e. The van der Waals surface area contributed by atoms with Gasteiger partial charge in [-0.25, -0.2) is 0 Å². The fourth-order valence-electron chi connectivity index (χ4n) is 5.43. The van der Waals surface area contributed by atoms with E-state index in [2.05, 4.69) is 28.1 Å². The molecule has 0 saturated carbocycles. The minimum atomic E-state index is -0.710. The molecule has 0 radical (unpaired) electrons. The highest BCUT2D eigenvalue weighted by Gasteiger charge is 2.55. The fraction of sp³-hybridized carbons (Fsp3) is 0.640. The number of hydrogen-bond acceptors (Lipinski definition) is 5. The van der Waals surface area contributed by atoms with Gasteiger partial charge in [0.25, 0.3) is 0 Å². The molecule has 33 heavy (non-hydrogen) atoms. The molecule has 1 aliphatic carbocycles. The van der Waals surface area contributed by atoms with Crippen LogP contribution in [0.5, 0.6) is 0 Å². The summed E-state index contributed by atoms with van der Waals surface area (Å²) in [4.78, 5) is 41.3. The quantitative estimate of drug-likeness (QED) is 0.626. The van der Waals surface area contributed by atoms with Crippen molar-refractivity contribution in [1.29, 1.82) is 0 Å². The first-order valence-electron chi connectivity index (χ1n) is 12.0. The van der Waals surface area contributed by atoms with Crippen molar-refractivity contribution in [2.24, 2.45) is 5.41 Å². The number of benzene rings is 1. The first-order chi connectivity index (χ1) is 15.7. The predicted molar refractivity (Wildman–Crippen MR) is 124 cm³/mol. The molecule has 1 aromatic carbocycles. The summed E-state index contributed by atoms with van der Waals surface area (Å²) in [5.74, 6) is -0.645. The lowest BCUT2D eigenvalue weighted by Crippen LogP contribution is -2.58. The second-order valence-corrected chi connectivity index (χ2v) is 10.2. The van der Waals surface area contributed by atoms with Crippen LogP contribution in [0.2, 0.25) is 0 Å². The second-order valence-electron chi connectivity index (χ2n) is 10.2. The monoisotopic (exact) mass is 456 g/mol. The van der Waals surface area contributed by atoms with Crippen LogP contribution in [0.3, 0.4) is 0 Å². The van der Waals surface area contributed by atoms with Gasteiger partial charge >= 0.3 is 0 Å². The molecule has 0 bridgehead atoms. The molecule has 4 rings (SSSR count). The Hall–Kier alpha value is -2.45. The van der Waals surface area contributed by atoms with Crippen LogP contribution >= 0.6 is 0 Å². The van der Waals surface area contributed by atoms with Crippen LogP contribution in [-0.2, 0) is 25.5 Å². The van der Waals surface area contributed by atoms with E-state index in [0.29, 0.717) is 19.4 Å². The first-order valence-corrected chi connectivity index (χ1v) is 12.0. The molecule has 5 atom stereocenters. The van der Waals surface area contributed by atoms with Crippen LogP contribution in [0.4, 0.5) is 0 Å². The first kappa shape index (κ1) is 23.7. The van der Waals surface area contributed by atoms with Crippen molar-refractivity contribution in [3.05, 3.63) is 35.4 Å². The fourth-order valence-corrected chi connectivity index (χ4v) is 5.43. The minimum absolute atomic E-state index is 0.0627. The van der Waals surface area contributed by atoms with E-state index in [1.165, 1.54) is 5.56 Å². The van der Waals surface area contributed by atoms with Crippen molar-refractivity contribution < 1.29 is 19.1 Å². The Morgan fingerprint density at radius 1 is 1.15 bits per heavy atom. The van der Waals surface area contributed by atoms with Crippen molar-refractivity contribution in [3.8, 4) is 0 Å². The highest BCUT2D eigenvalue weighted by atomic mass is 16.5. The lowest BCUT2D eigenvalue weighted by atomic mass is 9.82. The molecule has 3 aliphatic rings. The zero-order valence-corrected chi connectivity index (χ0v) is 20.0. The summed E-state index contributed by atoms with van der Waals surface area (Å²) in [5.41, 5.74) is 1.98. The number of hydrogen-bond donors (Lipinski definition) is 3. The van der Waals surface area contributed by atoms with E-state index in [9.17, 15) is 14.4 Å². The molecule has 0 aromatic heterocycles. The Bertz CT molecular complexity index is 917. The summed E-state index contributed by atoms with van der Waals surface area (Å²) in [6, 6.07) is 6.38. The number of likely N-dealkylation sites (N-methyl/N-ethyl adjacent to an activating group) is 1. The molecular formula is C25H36N4O4. The molecule has 8 nitrogen and oxygen atoms in total. The summed E-state index contributed by atoms with van der Waals surface area (Å²) >= 11 is 0. The molecule has 5 unspecified atom stereocenters. The number of aryl methyl sites for hydroxylation is 1. The summed E-state index contributed by atoms with van der Waals surface area (Å²) in [6.45, 7) is 6.11. The van der Waals surface area contributed by atoms with Crippen LogP contribution < -0.4 is 16.0 Å². The summed E-state index contributed by atoms with van der Waals surface area (Å²) in [6.07, 6.45) is 3.41. The lowest BCUT2D eigenvalue weighted by molar-refractivity contribution is -0.150. The van der Waals surface area contributed by atoms with Crippen molar-refractivity contribution in [2.45, 2.75) is 83.3 Å². The summed E-state index contributed by atoms with van der Waals surface area (Å²) < 4.78 is 6.02. The number of ether oxygens (including phenoxy) is 1. The standard InChI is InChI=1S/C25H36N4O4/c1-15(26-4)22(30)28-19-12-13-33-20-14-25(2,3)21(29(20)24(19)32)23(31)27-18-11-7-9-16-8-5-6-10-17(16)18/h5-6,8,10,15,18-21,26H,7,9,11-14H2,1-4H3,(H,27,31)(H,28,30). The van der Waals surface area contributed by atoms with E-state index in [-0.39, 0.29) is 23.8 Å². The smallest absolute Gasteiger partial charge is 0.247 e. The number of fused-ring (bicyclic) bond motifs is 2. The van der Waals surface area contributed by atoms with Crippen LogP contribution in [0, 0.1) is 5.41 Å². The molecular weight excluding hydrogens is 420 g/mol. The minimum Gasteiger partial charge on any atom is -0.358 e. The van der Waals surface area contributed by atoms with Gasteiger partial charge in [-0.05, 0) is 56.2 Å². The number of carbonyl (C=O) groups is 3. The van der Waals surface area contributed by atoms with Crippen molar-refractivity contribution >= 4 is 17.7 Å². The molecule has 0 spiro atoms. The maximum absolute atomic E-state index is 13.7. The van der Waals surface area contributed by atoms with E-state index < -0.39 is 29.8 Å². The number of carbonyl (C=O) groups excluding carboxylic acids is 3. The normalized spacial score (nSPS) is 29.5. The van der Waals surface area contributed by atoms with Gasteiger partial charge in [0, 0.05) is 6.42 Å². The Balaban J connectivity index is 1.56. The number of rotatable bonds is 5. The van der Waals surface area contributed by atoms with E-state index in [0.717, 1.165) is 24.8 Å². The Kier molecular flexibility index (Phi) is 6.77. The molecule has 8 heteroatoms. The Morgan fingerprint density at radius 3 is 2.67 bits per heavy atom. The van der Waals surface area contributed by atoms with Gasteiger partial charge in [-0.3, -0.25) is 14.4 Å². The highest BCUT2D eigenvalue weighted by Crippen LogP contribution is 2.43. The second kappa shape index (κ2) is 9.43. The molecule has 1 aromatic rings. The third-order valence-corrected chi connectivity index (χ3v) is 7.38. The van der Waals surface area contributed by atoms with E-state index in [1.54, 1.807) is 18.9 Å².